The molecule has 0 aliphatic carbocycles. The Labute approximate surface area is 149 Å². The Balaban J connectivity index is 1.51. The molecule has 1 saturated heterocycles. The molecule has 3 heterocycles. The lowest BCUT2D eigenvalue weighted by molar-refractivity contribution is -0.122. The molecule has 0 aromatic carbocycles. The number of sulfone groups is 1. The first-order valence-electron chi connectivity index (χ1n) is 9.20. The summed E-state index contributed by atoms with van der Waals surface area (Å²) in [4.78, 5) is 14.5. The van der Waals surface area contributed by atoms with Crippen LogP contribution in [0.25, 0.3) is 0 Å². The molecule has 1 fully saturated rings. The molecular weight excluding hydrogens is 340 g/mol. The molecule has 8 heteroatoms. The Morgan fingerprint density at radius 3 is 2.96 bits per heavy atom. The van der Waals surface area contributed by atoms with E-state index in [0.29, 0.717) is 13.0 Å². The highest BCUT2D eigenvalue weighted by Crippen LogP contribution is 2.21. The van der Waals surface area contributed by atoms with Crippen LogP contribution in [0.1, 0.15) is 44.0 Å². The average Bonchev–Trinajstić information content (AvgIpc) is 3.02. The van der Waals surface area contributed by atoms with E-state index in [-0.39, 0.29) is 29.8 Å². The number of hydrogen-bond acceptors (Lipinski definition) is 5. The van der Waals surface area contributed by atoms with Gasteiger partial charge in [-0.15, -0.1) is 0 Å². The van der Waals surface area contributed by atoms with Gasteiger partial charge < -0.3 is 5.32 Å². The predicted octanol–water partition coefficient (Wildman–Crippen LogP) is 0.940. The van der Waals surface area contributed by atoms with E-state index < -0.39 is 9.84 Å². The first-order chi connectivity index (χ1) is 11.9. The van der Waals surface area contributed by atoms with Crippen LogP contribution in [-0.4, -0.2) is 53.6 Å². The van der Waals surface area contributed by atoms with Crippen molar-refractivity contribution in [2.24, 2.45) is 5.92 Å². The van der Waals surface area contributed by atoms with Gasteiger partial charge in [0.2, 0.25) is 5.91 Å². The van der Waals surface area contributed by atoms with Crippen molar-refractivity contribution in [1.29, 1.82) is 0 Å². The number of aryl methyl sites for hydroxylation is 1. The van der Waals surface area contributed by atoms with Gasteiger partial charge in [0.15, 0.2) is 9.84 Å². The largest absolute Gasteiger partial charge is 0.350 e. The maximum atomic E-state index is 12.1. The average molecular weight is 369 g/mol. The zero-order valence-electron chi connectivity index (χ0n) is 14.9. The van der Waals surface area contributed by atoms with Gasteiger partial charge in [-0.05, 0) is 37.8 Å². The molecule has 2 aliphatic heterocycles. The van der Waals surface area contributed by atoms with Gasteiger partial charge in [0.25, 0.3) is 0 Å². The molecule has 0 saturated carbocycles. The second-order valence-electron chi connectivity index (χ2n) is 7.23. The zero-order valence-corrected chi connectivity index (χ0v) is 15.7. The van der Waals surface area contributed by atoms with E-state index >= 15 is 0 Å². The highest BCUT2D eigenvalue weighted by atomic mass is 32.2. The number of amides is 1. The number of hydrogen-bond donors (Lipinski definition) is 1. The van der Waals surface area contributed by atoms with Crippen molar-refractivity contribution in [3.05, 3.63) is 17.5 Å². The lowest BCUT2D eigenvalue weighted by Gasteiger charge is -2.17. The summed E-state index contributed by atoms with van der Waals surface area (Å²) in [7, 11) is -2.92. The van der Waals surface area contributed by atoms with E-state index in [4.69, 9.17) is 0 Å². The third-order valence-corrected chi connectivity index (χ3v) is 6.79. The lowest BCUT2D eigenvalue weighted by atomic mass is 10.1. The predicted molar refractivity (Wildman–Crippen MR) is 95.6 cm³/mol. The van der Waals surface area contributed by atoms with Gasteiger partial charge in [-0.25, -0.2) is 8.42 Å². The van der Waals surface area contributed by atoms with Crippen LogP contribution in [0.3, 0.4) is 0 Å². The molecule has 1 aromatic heterocycles. The van der Waals surface area contributed by atoms with Crippen LogP contribution in [-0.2, 0) is 34.3 Å². The van der Waals surface area contributed by atoms with Crippen LogP contribution in [0.4, 0.5) is 0 Å². The number of fused-ring (bicyclic) bond motifs is 1. The third-order valence-electron chi connectivity index (χ3n) is 4.95. The molecule has 140 valence electrons. The Morgan fingerprint density at radius 1 is 1.40 bits per heavy atom. The van der Waals surface area contributed by atoms with Crippen LogP contribution in [0.2, 0.25) is 0 Å². The summed E-state index contributed by atoms with van der Waals surface area (Å²) < 4.78 is 25.0. The second-order valence-corrected chi connectivity index (χ2v) is 9.46. The van der Waals surface area contributed by atoms with E-state index in [1.807, 2.05) is 0 Å². The molecule has 0 radical (unpaired) electrons. The van der Waals surface area contributed by atoms with Gasteiger partial charge in [0.05, 0.1) is 29.4 Å². The number of nitrogens with one attached hydrogen (secondary N) is 1. The van der Waals surface area contributed by atoms with Gasteiger partial charge in [0.1, 0.15) is 0 Å². The smallest absolute Gasteiger partial charge is 0.220 e. The molecule has 0 spiro atoms. The normalized spacial score (nSPS) is 23.2. The molecule has 25 heavy (non-hydrogen) atoms. The molecular formula is C17H28N4O3S. The minimum absolute atomic E-state index is 0.0358. The van der Waals surface area contributed by atoms with Crippen molar-refractivity contribution in [3.63, 3.8) is 0 Å². The number of carbonyl (C=O) groups is 1. The van der Waals surface area contributed by atoms with Gasteiger partial charge >= 0.3 is 0 Å². The summed E-state index contributed by atoms with van der Waals surface area (Å²) in [5, 5.41) is 7.50. The molecule has 2 aliphatic rings. The van der Waals surface area contributed by atoms with E-state index in [2.05, 4.69) is 33.0 Å². The van der Waals surface area contributed by atoms with E-state index in [1.54, 1.807) is 0 Å². The fourth-order valence-corrected chi connectivity index (χ4v) is 5.60. The van der Waals surface area contributed by atoms with Gasteiger partial charge in [0, 0.05) is 26.1 Å². The minimum Gasteiger partial charge on any atom is -0.350 e. The number of nitrogens with zero attached hydrogens (tertiary/aromatic N) is 3. The van der Waals surface area contributed by atoms with Crippen LogP contribution in [0, 0.1) is 5.92 Å². The monoisotopic (exact) mass is 368 g/mol. The molecule has 1 amide bonds. The highest BCUT2D eigenvalue weighted by molar-refractivity contribution is 7.91. The fraction of sp³-hybridized carbons (Fsp3) is 0.765. The summed E-state index contributed by atoms with van der Waals surface area (Å²) >= 11 is 0. The van der Waals surface area contributed by atoms with Crippen molar-refractivity contribution < 1.29 is 13.2 Å². The highest BCUT2D eigenvalue weighted by Gasteiger charge is 2.29. The summed E-state index contributed by atoms with van der Waals surface area (Å²) in [6.07, 6.45) is 3.13. The van der Waals surface area contributed by atoms with E-state index in [1.165, 1.54) is 5.69 Å². The van der Waals surface area contributed by atoms with Gasteiger partial charge in [-0.3, -0.25) is 14.4 Å². The summed E-state index contributed by atoms with van der Waals surface area (Å²) in [6, 6.07) is 2.08. The van der Waals surface area contributed by atoms with Crippen molar-refractivity contribution in [2.75, 3.05) is 24.6 Å². The Hall–Kier alpha value is -1.41. The summed E-state index contributed by atoms with van der Waals surface area (Å²) in [5.74, 6) is 0.239. The molecule has 0 bridgehead atoms. The first kappa shape index (κ1) is 18.4. The summed E-state index contributed by atoms with van der Waals surface area (Å²) in [5.41, 5.74) is 2.08. The molecule has 7 nitrogen and oxygen atoms in total. The minimum atomic E-state index is -2.92. The van der Waals surface area contributed by atoms with Crippen LogP contribution in [0.15, 0.2) is 6.07 Å². The third kappa shape index (κ3) is 5.04. The SMILES string of the molecule is CCCN1CCCn2nc(CNC(=O)C[C@H]3CCS(=O)(=O)C3)cc2C1. The molecule has 1 atom stereocenters. The zero-order chi connectivity index (χ0) is 17.9. The standard InChI is InChI=1S/C17H28N4O3S/c1-2-5-20-6-3-7-21-16(12-20)10-15(19-21)11-18-17(22)9-14-4-8-25(23,24)13-14/h10,14H,2-9,11-13H2,1H3,(H,18,22)/t14-/m1/s1. The first-order valence-corrected chi connectivity index (χ1v) is 11.0. The molecule has 3 rings (SSSR count). The number of rotatable bonds is 6. The van der Waals surface area contributed by atoms with Crippen LogP contribution in [0.5, 0.6) is 0 Å². The Kier molecular flexibility index (Phi) is 5.78. The summed E-state index contributed by atoms with van der Waals surface area (Å²) in [6.45, 7) is 6.64. The lowest BCUT2D eigenvalue weighted by Crippen LogP contribution is -2.26. The topological polar surface area (TPSA) is 84.3 Å². The van der Waals surface area contributed by atoms with Crippen molar-refractivity contribution in [3.8, 4) is 0 Å². The van der Waals surface area contributed by atoms with Crippen molar-refractivity contribution in [1.82, 2.24) is 20.0 Å². The Bertz CT molecular complexity index is 713. The molecule has 1 N–H and O–H groups in total. The quantitative estimate of drug-likeness (QED) is 0.808. The van der Waals surface area contributed by atoms with Gasteiger partial charge in [-0.1, -0.05) is 6.92 Å². The van der Waals surface area contributed by atoms with Gasteiger partial charge in [-0.2, -0.15) is 5.10 Å². The number of aromatic nitrogens is 2. The molecule has 1 aromatic rings. The van der Waals surface area contributed by atoms with Crippen molar-refractivity contribution >= 4 is 15.7 Å². The fourth-order valence-electron chi connectivity index (χ4n) is 3.74. The van der Waals surface area contributed by atoms with Crippen LogP contribution >= 0.6 is 0 Å². The van der Waals surface area contributed by atoms with Crippen molar-refractivity contribution in [2.45, 2.75) is 52.2 Å². The van der Waals surface area contributed by atoms with E-state index in [9.17, 15) is 13.2 Å². The Morgan fingerprint density at radius 2 is 2.24 bits per heavy atom. The van der Waals surface area contributed by atoms with E-state index in [0.717, 1.165) is 44.7 Å². The number of carbonyl (C=O) groups excluding carboxylic acids is 1. The maximum absolute atomic E-state index is 12.1. The molecule has 0 unspecified atom stereocenters. The second kappa shape index (κ2) is 7.86. The van der Waals surface area contributed by atoms with Crippen LogP contribution < -0.4 is 5.32 Å². The maximum Gasteiger partial charge on any atom is 0.220 e.